The fraction of sp³-hybridized carbons (Fsp3) is 0.529. The molecule has 1 fully saturated rings. The van der Waals surface area contributed by atoms with Gasteiger partial charge in [-0.05, 0) is 46.7 Å². The van der Waals surface area contributed by atoms with Crippen molar-refractivity contribution in [2.75, 3.05) is 5.75 Å². The number of hydrogen-bond donors (Lipinski definition) is 1. The van der Waals surface area contributed by atoms with Crippen molar-refractivity contribution in [2.45, 2.75) is 50.3 Å². The van der Waals surface area contributed by atoms with Crippen LogP contribution >= 0.6 is 11.8 Å². The van der Waals surface area contributed by atoms with Gasteiger partial charge in [0, 0.05) is 11.3 Å². The van der Waals surface area contributed by atoms with Gasteiger partial charge in [0.15, 0.2) is 0 Å². The predicted octanol–water partition coefficient (Wildman–Crippen LogP) is 2.39. The number of thioether (sulfide) groups is 1. The lowest BCUT2D eigenvalue weighted by molar-refractivity contribution is -0.121. The Morgan fingerprint density at radius 3 is 2.79 bits per heavy atom. The molecule has 0 spiro atoms. The summed E-state index contributed by atoms with van der Waals surface area (Å²) >= 11 is 1.97. The number of hydrogen-bond acceptors (Lipinski definition) is 5. The zero-order chi connectivity index (χ0) is 16.8. The van der Waals surface area contributed by atoms with Crippen molar-refractivity contribution >= 4 is 17.7 Å². The summed E-state index contributed by atoms with van der Waals surface area (Å²) in [5.41, 5.74) is 1.88. The standard InChI is InChI=1S/C17H23N5OS/c1-2-24-16-6-4-3-5-15(16)19-17(23)11-13-7-9-14(10-8-13)22-12-18-20-21-22/h7-10,12,15-16H,2-6,11H2,1H3,(H,19,23)/t15-,16+/m1/s1. The SMILES string of the molecule is CCS[C@H]1CCCC[C@H]1NC(=O)Cc1ccc(-n2cnnn2)cc1. The summed E-state index contributed by atoms with van der Waals surface area (Å²) in [6.45, 7) is 2.18. The Morgan fingerprint density at radius 2 is 2.08 bits per heavy atom. The molecule has 1 saturated carbocycles. The number of carbonyl (C=O) groups is 1. The zero-order valence-electron chi connectivity index (χ0n) is 13.9. The van der Waals surface area contributed by atoms with Crippen molar-refractivity contribution in [3.05, 3.63) is 36.2 Å². The normalized spacial score (nSPS) is 20.7. The molecule has 128 valence electrons. The minimum atomic E-state index is 0.110. The smallest absolute Gasteiger partial charge is 0.224 e. The van der Waals surface area contributed by atoms with Gasteiger partial charge in [0.1, 0.15) is 6.33 Å². The van der Waals surface area contributed by atoms with Gasteiger partial charge in [-0.15, -0.1) is 5.10 Å². The van der Waals surface area contributed by atoms with Crippen LogP contribution in [-0.4, -0.2) is 43.2 Å². The zero-order valence-corrected chi connectivity index (χ0v) is 14.7. The molecule has 1 N–H and O–H groups in total. The second kappa shape index (κ2) is 8.28. The van der Waals surface area contributed by atoms with Crippen LogP contribution in [0.1, 0.15) is 38.2 Å². The Balaban J connectivity index is 1.56. The van der Waals surface area contributed by atoms with E-state index in [0.29, 0.717) is 17.7 Å². The lowest BCUT2D eigenvalue weighted by Gasteiger charge is -2.31. The summed E-state index contributed by atoms with van der Waals surface area (Å²) < 4.78 is 1.60. The van der Waals surface area contributed by atoms with E-state index >= 15 is 0 Å². The Bertz CT molecular complexity index is 642. The van der Waals surface area contributed by atoms with E-state index in [1.807, 2.05) is 36.0 Å². The van der Waals surface area contributed by atoms with E-state index in [0.717, 1.165) is 23.4 Å². The molecular weight excluding hydrogens is 322 g/mol. The maximum Gasteiger partial charge on any atom is 0.224 e. The molecular formula is C17H23N5OS. The second-order valence-electron chi connectivity index (χ2n) is 6.05. The van der Waals surface area contributed by atoms with E-state index in [4.69, 9.17) is 0 Å². The highest BCUT2D eigenvalue weighted by Crippen LogP contribution is 2.28. The van der Waals surface area contributed by atoms with Gasteiger partial charge in [0.05, 0.1) is 12.1 Å². The molecule has 2 aromatic rings. The Hall–Kier alpha value is -1.89. The second-order valence-corrected chi connectivity index (χ2v) is 7.57. The molecule has 3 rings (SSSR count). The number of benzene rings is 1. The van der Waals surface area contributed by atoms with E-state index in [1.165, 1.54) is 19.3 Å². The first kappa shape index (κ1) is 17.0. The molecule has 0 aliphatic heterocycles. The summed E-state index contributed by atoms with van der Waals surface area (Å²) in [5, 5.41) is 14.9. The van der Waals surface area contributed by atoms with Gasteiger partial charge in [-0.1, -0.05) is 31.9 Å². The van der Waals surface area contributed by atoms with Gasteiger partial charge in [-0.3, -0.25) is 4.79 Å². The van der Waals surface area contributed by atoms with E-state index in [9.17, 15) is 4.79 Å². The number of carbonyl (C=O) groups excluding carboxylic acids is 1. The number of nitrogens with zero attached hydrogens (tertiary/aromatic N) is 4. The van der Waals surface area contributed by atoms with Gasteiger partial charge in [0.25, 0.3) is 0 Å². The van der Waals surface area contributed by atoms with Crippen LogP contribution in [0.15, 0.2) is 30.6 Å². The molecule has 1 heterocycles. The molecule has 1 aliphatic rings. The van der Waals surface area contributed by atoms with Crippen LogP contribution in [0.25, 0.3) is 5.69 Å². The molecule has 0 radical (unpaired) electrons. The van der Waals surface area contributed by atoms with Gasteiger partial charge < -0.3 is 5.32 Å². The van der Waals surface area contributed by atoms with Crippen LogP contribution in [0.2, 0.25) is 0 Å². The summed E-state index contributed by atoms with van der Waals surface area (Å²) in [7, 11) is 0. The summed E-state index contributed by atoms with van der Waals surface area (Å²) in [5.74, 6) is 1.22. The van der Waals surface area contributed by atoms with Crippen molar-refractivity contribution in [1.29, 1.82) is 0 Å². The monoisotopic (exact) mass is 345 g/mol. The summed E-state index contributed by atoms with van der Waals surface area (Å²) in [6, 6.07) is 8.08. The highest BCUT2D eigenvalue weighted by molar-refractivity contribution is 7.99. The topological polar surface area (TPSA) is 72.7 Å². The van der Waals surface area contributed by atoms with Crippen molar-refractivity contribution in [3.8, 4) is 5.69 Å². The van der Waals surface area contributed by atoms with Crippen LogP contribution in [0.4, 0.5) is 0 Å². The molecule has 2 atom stereocenters. The number of tetrazole rings is 1. The first-order valence-corrected chi connectivity index (χ1v) is 9.54. The molecule has 1 amide bonds. The van der Waals surface area contributed by atoms with Gasteiger partial charge in [-0.25, -0.2) is 4.68 Å². The van der Waals surface area contributed by atoms with Crippen molar-refractivity contribution in [1.82, 2.24) is 25.5 Å². The fourth-order valence-electron chi connectivity index (χ4n) is 3.16. The molecule has 0 unspecified atom stereocenters. The third-order valence-corrected chi connectivity index (χ3v) is 5.67. The van der Waals surface area contributed by atoms with E-state index in [1.54, 1.807) is 11.0 Å². The quantitative estimate of drug-likeness (QED) is 0.870. The van der Waals surface area contributed by atoms with Crippen LogP contribution < -0.4 is 5.32 Å². The average Bonchev–Trinajstić information content (AvgIpc) is 3.12. The van der Waals surface area contributed by atoms with Gasteiger partial charge in [0.2, 0.25) is 5.91 Å². The molecule has 7 heteroatoms. The largest absolute Gasteiger partial charge is 0.352 e. The Kier molecular flexibility index (Phi) is 5.85. The van der Waals surface area contributed by atoms with Crippen molar-refractivity contribution < 1.29 is 4.79 Å². The fourth-order valence-corrected chi connectivity index (χ4v) is 4.36. The van der Waals surface area contributed by atoms with E-state index in [-0.39, 0.29) is 5.91 Å². The third kappa shape index (κ3) is 4.35. The van der Waals surface area contributed by atoms with E-state index in [2.05, 4.69) is 27.8 Å². The minimum absolute atomic E-state index is 0.110. The molecule has 1 aromatic carbocycles. The first-order valence-electron chi connectivity index (χ1n) is 8.49. The molecule has 0 saturated heterocycles. The van der Waals surface area contributed by atoms with Crippen molar-refractivity contribution in [3.63, 3.8) is 0 Å². The van der Waals surface area contributed by atoms with Gasteiger partial charge in [-0.2, -0.15) is 11.8 Å². The highest BCUT2D eigenvalue weighted by Gasteiger charge is 2.26. The van der Waals surface area contributed by atoms with Crippen molar-refractivity contribution in [2.24, 2.45) is 0 Å². The summed E-state index contributed by atoms with van der Waals surface area (Å²) in [6.07, 6.45) is 6.77. The maximum atomic E-state index is 12.4. The predicted molar refractivity (Wildman–Crippen MR) is 95.2 cm³/mol. The van der Waals surface area contributed by atoms with Crippen LogP contribution in [0.5, 0.6) is 0 Å². The Morgan fingerprint density at radius 1 is 1.29 bits per heavy atom. The van der Waals surface area contributed by atoms with Gasteiger partial charge >= 0.3 is 0 Å². The molecule has 1 aliphatic carbocycles. The first-order chi connectivity index (χ1) is 11.8. The average molecular weight is 345 g/mol. The van der Waals surface area contributed by atoms with Crippen LogP contribution in [0.3, 0.4) is 0 Å². The third-order valence-electron chi connectivity index (χ3n) is 4.34. The molecule has 1 aromatic heterocycles. The molecule has 24 heavy (non-hydrogen) atoms. The number of aromatic nitrogens is 4. The number of rotatable bonds is 6. The summed E-state index contributed by atoms with van der Waals surface area (Å²) in [4.78, 5) is 12.4. The lowest BCUT2D eigenvalue weighted by atomic mass is 9.94. The Labute approximate surface area is 146 Å². The number of nitrogens with one attached hydrogen (secondary N) is 1. The highest BCUT2D eigenvalue weighted by atomic mass is 32.2. The maximum absolute atomic E-state index is 12.4. The molecule has 6 nitrogen and oxygen atoms in total. The van der Waals surface area contributed by atoms with Crippen LogP contribution in [-0.2, 0) is 11.2 Å². The molecule has 0 bridgehead atoms. The van der Waals surface area contributed by atoms with E-state index < -0.39 is 0 Å². The minimum Gasteiger partial charge on any atom is -0.352 e. The van der Waals surface area contributed by atoms with Crippen LogP contribution in [0, 0.1) is 0 Å². The number of amides is 1. The lowest BCUT2D eigenvalue weighted by Crippen LogP contribution is -2.44.